The molecular weight excluding hydrogens is 270 g/mol. The monoisotopic (exact) mass is 285 g/mol. The number of para-hydroxylation sites is 1. The van der Waals surface area contributed by atoms with Crippen molar-refractivity contribution in [2.24, 2.45) is 0 Å². The third kappa shape index (κ3) is 3.11. The highest BCUT2D eigenvalue weighted by atomic mass is 32.2. The minimum absolute atomic E-state index is 0.818. The minimum Gasteiger partial charge on any atom is -0.360 e. The lowest BCUT2D eigenvalue weighted by Gasteiger charge is -2.00. The van der Waals surface area contributed by atoms with E-state index in [1.165, 1.54) is 0 Å². The molecule has 1 aromatic carbocycles. The Labute approximate surface area is 121 Å². The van der Waals surface area contributed by atoms with Gasteiger partial charge in [0.25, 0.3) is 0 Å². The molecule has 0 saturated heterocycles. The van der Waals surface area contributed by atoms with E-state index in [9.17, 15) is 0 Å². The van der Waals surface area contributed by atoms with Crippen molar-refractivity contribution in [1.82, 2.24) is 14.9 Å². The van der Waals surface area contributed by atoms with Crippen molar-refractivity contribution in [3.05, 3.63) is 65.8 Å². The van der Waals surface area contributed by atoms with Crippen molar-refractivity contribution >= 4 is 11.8 Å². The van der Waals surface area contributed by atoms with Gasteiger partial charge in [-0.15, -0.1) is 11.8 Å². The molecule has 2 aromatic heterocycles. The first-order valence-corrected chi connectivity index (χ1v) is 7.56. The molecule has 0 saturated carbocycles. The van der Waals surface area contributed by atoms with Crippen LogP contribution in [0.1, 0.15) is 17.1 Å². The van der Waals surface area contributed by atoms with Gasteiger partial charge in [0.05, 0.1) is 22.8 Å². The van der Waals surface area contributed by atoms with Gasteiger partial charge in [0, 0.05) is 18.0 Å². The highest BCUT2D eigenvalue weighted by molar-refractivity contribution is 7.97. The lowest BCUT2D eigenvalue weighted by molar-refractivity contribution is 0.391. The van der Waals surface area contributed by atoms with Crippen LogP contribution in [-0.4, -0.2) is 14.9 Å². The second-order valence-electron chi connectivity index (χ2n) is 4.51. The SMILES string of the molecule is Cc1cc(CSCc2ccn(-c3ccccc3)n2)on1. The maximum absolute atomic E-state index is 5.18. The van der Waals surface area contributed by atoms with Gasteiger partial charge >= 0.3 is 0 Å². The third-order valence-corrected chi connectivity index (χ3v) is 3.82. The van der Waals surface area contributed by atoms with Crippen molar-refractivity contribution in [3.8, 4) is 5.69 Å². The minimum atomic E-state index is 0.818. The first-order chi connectivity index (χ1) is 9.81. The van der Waals surface area contributed by atoms with Crippen molar-refractivity contribution in [1.29, 1.82) is 0 Å². The fourth-order valence-electron chi connectivity index (χ4n) is 1.90. The summed E-state index contributed by atoms with van der Waals surface area (Å²) in [6.45, 7) is 1.93. The lowest BCUT2D eigenvalue weighted by Crippen LogP contribution is -1.95. The standard InChI is InChI=1S/C15H15N3OS/c1-12-9-15(19-17-12)11-20-10-13-7-8-18(16-13)14-5-3-2-4-6-14/h2-9H,10-11H2,1H3. The van der Waals surface area contributed by atoms with Gasteiger partial charge < -0.3 is 4.52 Å². The molecule has 0 atom stereocenters. The van der Waals surface area contributed by atoms with Crippen molar-refractivity contribution in [2.45, 2.75) is 18.4 Å². The summed E-state index contributed by atoms with van der Waals surface area (Å²) in [4.78, 5) is 0. The number of benzene rings is 1. The van der Waals surface area contributed by atoms with Gasteiger partial charge in [-0.2, -0.15) is 5.10 Å². The Morgan fingerprint density at radius 1 is 1.15 bits per heavy atom. The Hall–Kier alpha value is -2.01. The van der Waals surface area contributed by atoms with E-state index < -0.39 is 0 Å². The van der Waals surface area contributed by atoms with Crippen LogP contribution in [0.4, 0.5) is 0 Å². The van der Waals surface area contributed by atoms with Crippen LogP contribution in [-0.2, 0) is 11.5 Å². The summed E-state index contributed by atoms with van der Waals surface area (Å²) in [5.41, 5.74) is 3.07. The Bertz CT molecular complexity index is 675. The van der Waals surface area contributed by atoms with Gasteiger partial charge in [-0.3, -0.25) is 0 Å². The molecule has 3 aromatic rings. The molecule has 0 unspecified atom stereocenters. The molecule has 0 fully saturated rings. The highest BCUT2D eigenvalue weighted by Gasteiger charge is 2.04. The number of nitrogens with zero attached hydrogens (tertiary/aromatic N) is 3. The van der Waals surface area contributed by atoms with Gasteiger partial charge in [0.15, 0.2) is 0 Å². The van der Waals surface area contributed by atoms with E-state index in [1.54, 1.807) is 11.8 Å². The fourth-order valence-corrected chi connectivity index (χ4v) is 2.71. The Morgan fingerprint density at radius 2 is 2.00 bits per heavy atom. The van der Waals surface area contributed by atoms with Gasteiger partial charge in [0.1, 0.15) is 5.76 Å². The molecule has 0 aliphatic rings. The van der Waals surface area contributed by atoms with Crippen LogP contribution in [0.5, 0.6) is 0 Å². The van der Waals surface area contributed by atoms with Crippen LogP contribution < -0.4 is 0 Å². The summed E-state index contributed by atoms with van der Waals surface area (Å²) < 4.78 is 7.08. The van der Waals surface area contributed by atoms with Crippen LogP contribution in [0.3, 0.4) is 0 Å². The molecule has 0 radical (unpaired) electrons. The van der Waals surface area contributed by atoms with Gasteiger partial charge in [-0.1, -0.05) is 23.4 Å². The molecular formula is C15H15N3OS. The van der Waals surface area contributed by atoms with Crippen LogP contribution >= 0.6 is 11.8 Å². The van der Waals surface area contributed by atoms with Crippen LogP contribution in [0, 0.1) is 6.92 Å². The van der Waals surface area contributed by atoms with E-state index in [0.717, 1.165) is 34.3 Å². The number of aromatic nitrogens is 3. The summed E-state index contributed by atoms with van der Waals surface area (Å²) in [5, 5.41) is 8.44. The zero-order valence-electron chi connectivity index (χ0n) is 11.2. The predicted octanol–water partition coefficient (Wildman–Crippen LogP) is 3.60. The highest BCUT2D eigenvalue weighted by Crippen LogP contribution is 2.18. The molecule has 102 valence electrons. The smallest absolute Gasteiger partial charge is 0.146 e. The predicted molar refractivity (Wildman–Crippen MR) is 79.8 cm³/mol. The zero-order valence-corrected chi connectivity index (χ0v) is 12.0. The number of thioether (sulfide) groups is 1. The van der Waals surface area contributed by atoms with Crippen molar-refractivity contribution < 1.29 is 4.52 Å². The Balaban J connectivity index is 1.58. The van der Waals surface area contributed by atoms with Crippen LogP contribution in [0.15, 0.2) is 53.2 Å². The molecule has 5 heteroatoms. The average molecular weight is 285 g/mol. The molecule has 0 amide bonds. The van der Waals surface area contributed by atoms with E-state index in [4.69, 9.17) is 4.52 Å². The molecule has 2 heterocycles. The molecule has 4 nitrogen and oxygen atoms in total. The maximum atomic E-state index is 5.18. The number of hydrogen-bond acceptors (Lipinski definition) is 4. The summed E-state index contributed by atoms with van der Waals surface area (Å²) in [6.07, 6.45) is 1.99. The fraction of sp³-hybridized carbons (Fsp3) is 0.200. The van der Waals surface area contributed by atoms with Crippen LogP contribution in [0.25, 0.3) is 5.69 Å². The normalized spacial score (nSPS) is 10.8. The molecule has 20 heavy (non-hydrogen) atoms. The first-order valence-electron chi connectivity index (χ1n) is 6.41. The maximum Gasteiger partial charge on any atom is 0.146 e. The van der Waals surface area contributed by atoms with Crippen molar-refractivity contribution in [2.75, 3.05) is 0 Å². The molecule has 0 N–H and O–H groups in total. The summed E-state index contributed by atoms with van der Waals surface area (Å²) >= 11 is 1.77. The van der Waals surface area contributed by atoms with Gasteiger partial charge in [-0.25, -0.2) is 4.68 Å². The summed E-state index contributed by atoms with van der Waals surface area (Å²) in [6, 6.07) is 14.1. The molecule has 3 rings (SSSR count). The third-order valence-electron chi connectivity index (χ3n) is 2.84. The molecule has 0 aliphatic heterocycles. The average Bonchev–Trinajstić information content (AvgIpc) is 3.09. The van der Waals surface area contributed by atoms with Gasteiger partial charge in [0.2, 0.25) is 0 Å². The van der Waals surface area contributed by atoms with E-state index in [0.29, 0.717) is 0 Å². The summed E-state index contributed by atoms with van der Waals surface area (Å²) in [7, 11) is 0. The van der Waals surface area contributed by atoms with Crippen LogP contribution in [0.2, 0.25) is 0 Å². The largest absolute Gasteiger partial charge is 0.360 e. The lowest BCUT2D eigenvalue weighted by atomic mass is 10.3. The number of rotatable bonds is 5. The second-order valence-corrected chi connectivity index (χ2v) is 5.50. The molecule has 0 aliphatic carbocycles. The first kappa shape index (κ1) is 13.0. The number of aryl methyl sites for hydroxylation is 1. The topological polar surface area (TPSA) is 43.9 Å². The van der Waals surface area contributed by atoms with E-state index in [2.05, 4.69) is 10.3 Å². The second kappa shape index (κ2) is 5.96. The summed E-state index contributed by atoms with van der Waals surface area (Å²) in [5.74, 6) is 2.59. The Kier molecular flexibility index (Phi) is 3.87. The van der Waals surface area contributed by atoms with Crippen molar-refractivity contribution in [3.63, 3.8) is 0 Å². The number of hydrogen-bond donors (Lipinski definition) is 0. The Morgan fingerprint density at radius 3 is 2.75 bits per heavy atom. The van der Waals surface area contributed by atoms with E-state index >= 15 is 0 Å². The molecule has 0 bridgehead atoms. The quantitative estimate of drug-likeness (QED) is 0.718. The van der Waals surface area contributed by atoms with E-state index in [1.807, 2.05) is 60.3 Å². The van der Waals surface area contributed by atoms with E-state index in [-0.39, 0.29) is 0 Å². The zero-order chi connectivity index (χ0) is 13.8. The molecule has 0 spiro atoms. The van der Waals surface area contributed by atoms with Gasteiger partial charge in [-0.05, 0) is 25.1 Å².